The quantitative estimate of drug-likeness (QED) is 0.840. The van der Waals surface area contributed by atoms with Crippen LogP contribution in [0, 0.1) is 0 Å². The van der Waals surface area contributed by atoms with Crippen molar-refractivity contribution in [1.29, 1.82) is 0 Å². The van der Waals surface area contributed by atoms with E-state index in [1.807, 2.05) is 12.1 Å². The number of nitrogens with one attached hydrogen (secondary N) is 1. The second kappa shape index (κ2) is 5.23. The number of hydrogen-bond acceptors (Lipinski definition) is 4. The van der Waals surface area contributed by atoms with Gasteiger partial charge in [0, 0.05) is 11.6 Å². The molecule has 0 heterocycles. The third kappa shape index (κ3) is 2.38. The van der Waals surface area contributed by atoms with E-state index in [2.05, 4.69) is 5.32 Å². The molecule has 0 spiro atoms. The minimum Gasteiger partial charge on any atom is -0.488 e. The molecule has 0 bridgehead atoms. The molecule has 2 rings (SSSR count). The van der Waals surface area contributed by atoms with Crippen LogP contribution in [0.1, 0.15) is 12.5 Å². The Bertz CT molecular complexity index is 629. The summed E-state index contributed by atoms with van der Waals surface area (Å²) in [6.07, 6.45) is 0. The standard InChI is InChI=1S/C13H12ClNO3/c1-2-18-13-10(11(16)12(13)17)15-7-8-4-3-5-9(14)6-8/h3-6,15H,2,7H2,1H3. The summed E-state index contributed by atoms with van der Waals surface area (Å²) >= 11 is 5.85. The van der Waals surface area contributed by atoms with Crippen molar-refractivity contribution in [3.63, 3.8) is 0 Å². The van der Waals surface area contributed by atoms with Crippen LogP contribution in [0.15, 0.2) is 33.9 Å². The van der Waals surface area contributed by atoms with E-state index in [0.29, 0.717) is 18.2 Å². The van der Waals surface area contributed by atoms with E-state index in [9.17, 15) is 9.59 Å². The molecule has 0 aliphatic carbocycles. The molecule has 0 unspecified atom stereocenters. The van der Waals surface area contributed by atoms with Gasteiger partial charge in [0.2, 0.25) is 0 Å². The van der Waals surface area contributed by atoms with Crippen molar-refractivity contribution in [3.05, 3.63) is 55.3 Å². The van der Waals surface area contributed by atoms with Gasteiger partial charge in [-0.15, -0.1) is 0 Å². The number of rotatable bonds is 5. The fourth-order valence-electron chi connectivity index (χ4n) is 1.65. The molecule has 94 valence electrons. The Morgan fingerprint density at radius 2 is 2.06 bits per heavy atom. The van der Waals surface area contributed by atoms with Gasteiger partial charge < -0.3 is 10.1 Å². The van der Waals surface area contributed by atoms with Crippen LogP contribution in [0.25, 0.3) is 0 Å². The van der Waals surface area contributed by atoms with Gasteiger partial charge in [-0.05, 0) is 24.6 Å². The summed E-state index contributed by atoms with van der Waals surface area (Å²) in [5.74, 6) is 0.129. The molecule has 0 atom stereocenters. The number of halogens is 1. The smallest absolute Gasteiger partial charge is 0.272 e. The topological polar surface area (TPSA) is 55.4 Å². The fourth-order valence-corrected chi connectivity index (χ4v) is 1.86. The van der Waals surface area contributed by atoms with Crippen molar-refractivity contribution >= 4 is 17.3 Å². The summed E-state index contributed by atoms with van der Waals surface area (Å²) < 4.78 is 5.11. The molecule has 0 fully saturated rings. The normalized spacial score (nSPS) is 10.6. The van der Waals surface area contributed by atoms with Crippen molar-refractivity contribution < 1.29 is 4.74 Å². The van der Waals surface area contributed by atoms with Crippen molar-refractivity contribution in [1.82, 2.24) is 0 Å². The molecule has 0 aliphatic rings. The van der Waals surface area contributed by atoms with E-state index >= 15 is 0 Å². The maximum Gasteiger partial charge on any atom is 0.272 e. The molecule has 0 radical (unpaired) electrons. The molecule has 0 saturated carbocycles. The van der Waals surface area contributed by atoms with Crippen LogP contribution < -0.4 is 20.9 Å². The van der Waals surface area contributed by atoms with E-state index < -0.39 is 10.9 Å². The lowest BCUT2D eigenvalue weighted by molar-refractivity contribution is 0.334. The summed E-state index contributed by atoms with van der Waals surface area (Å²) in [5, 5.41) is 3.53. The predicted octanol–water partition coefficient (Wildman–Crippen LogP) is 1.95. The van der Waals surface area contributed by atoms with E-state index in [0.717, 1.165) is 5.56 Å². The maximum atomic E-state index is 11.4. The van der Waals surface area contributed by atoms with Gasteiger partial charge in [0.25, 0.3) is 10.9 Å². The molecule has 0 aliphatic heterocycles. The van der Waals surface area contributed by atoms with Crippen LogP contribution in [-0.2, 0) is 6.54 Å². The first kappa shape index (κ1) is 12.6. The van der Waals surface area contributed by atoms with Gasteiger partial charge in [-0.3, -0.25) is 9.59 Å². The third-order valence-electron chi connectivity index (χ3n) is 2.51. The number of benzene rings is 1. The lowest BCUT2D eigenvalue weighted by Crippen LogP contribution is -2.35. The Balaban J connectivity index is 2.09. The Labute approximate surface area is 109 Å². The van der Waals surface area contributed by atoms with E-state index in [1.54, 1.807) is 19.1 Å². The second-order valence-corrected chi connectivity index (χ2v) is 4.22. The highest BCUT2D eigenvalue weighted by Crippen LogP contribution is 2.19. The molecule has 0 saturated heterocycles. The van der Waals surface area contributed by atoms with Crippen molar-refractivity contribution in [3.8, 4) is 5.75 Å². The van der Waals surface area contributed by atoms with E-state index in [1.165, 1.54) is 0 Å². The number of ether oxygens (including phenoxy) is 1. The van der Waals surface area contributed by atoms with Crippen molar-refractivity contribution in [2.75, 3.05) is 11.9 Å². The Morgan fingerprint density at radius 3 is 2.72 bits per heavy atom. The Hall–Kier alpha value is -1.81. The molecule has 5 heteroatoms. The SMILES string of the molecule is CCOc1c(NCc2cccc(Cl)c2)c(=O)c1=O. The molecular weight excluding hydrogens is 254 g/mol. The van der Waals surface area contributed by atoms with Gasteiger partial charge >= 0.3 is 0 Å². The van der Waals surface area contributed by atoms with Crippen LogP contribution in [0.2, 0.25) is 5.02 Å². The van der Waals surface area contributed by atoms with Crippen LogP contribution >= 0.6 is 11.6 Å². The predicted molar refractivity (Wildman–Crippen MR) is 71.3 cm³/mol. The minimum absolute atomic E-state index is 0.129. The lowest BCUT2D eigenvalue weighted by atomic mass is 10.2. The zero-order chi connectivity index (χ0) is 13.1. The zero-order valence-corrected chi connectivity index (χ0v) is 10.6. The average Bonchev–Trinajstić information content (AvgIpc) is 2.37. The highest BCUT2D eigenvalue weighted by Gasteiger charge is 2.21. The van der Waals surface area contributed by atoms with Gasteiger partial charge in [0.1, 0.15) is 5.69 Å². The van der Waals surface area contributed by atoms with Crippen LogP contribution in [0.4, 0.5) is 5.69 Å². The van der Waals surface area contributed by atoms with Gasteiger partial charge in [-0.2, -0.15) is 0 Å². The molecule has 2 aromatic rings. The minimum atomic E-state index is -0.564. The zero-order valence-electron chi connectivity index (χ0n) is 9.83. The van der Waals surface area contributed by atoms with E-state index in [4.69, 9.17) is 16.3 Å². The molecule has 2 aromatic carbocycles. The largest absolute Gasteiger partial charge is 0.488 e. The monoisotopic (exact) mass is 265 g/mol. The highest BCUT2D eigenvalue weighted by molar-refractivity contribution is 6.30. The second-order valence-electron chi connectivity index (χ2n) is 3.78. The van der Waals surface area contributed by atoms with Crippen LogP contribution in [0.5, 0.6) is 5.75 Å². The molecule has 1 N–H and O–H groups in total. The Kier molecular flexibility index (Phi) is 3.67. The summed E-state index contributed by atoms with van der Waals surface area (Å²) in [7, 11) is 0. The molecule has 18 heavy (non-hydrogen) atoms. The van der Waals surface area contributed by atoms with Crippen LogP contribution in [0.3, 0.4) is 0 Å². The number of hydrogen-bond donors (Lipinski definition) is 1. The van der Waals surface area contributed by atoms with Gasteiger partial charge in [0.05, 0.1) is 6.61 Å². The number of anilines is 1. The molecule has 4 nitrogen and oxygen atoms in total. The first-order valence-electron chi connectivity index (χ1n) is 5.58. The maximum absolute atomic E-state index is 11.4. The highest BCUT2D eigenvalue weighted by atomic mass is 35.5. The van der Waals surface area contributed by atoms with Crippen LogP contribution in [-0.4, -0.2) is 6.61 Å². The van der Waals surface area contributed by atoms with Gasteiger partial charge in [0.15, 0.2) is 5.75 Å². The van der Waals surface area contributed by atoms with Gasteiger partial charge in [-0.25, -0.2) is 0 Å². The van der Waals surface area contributed by atoms with E-state index in [-0.39, 0.29) is 11.4 Å². The summed E-state index contributed by atoms with van der Waals surface area (Å²) in [4.78, 5) is 22.6. The fraction of sp³-hybridized carbons (Fsp3) is 0.231. The summed E-state index contributed by atoms with van der Waals surface area (Å²) in [6.45, 7) is 2.54. The average molecular weight is 266 g/mol. The summed E-state index contributed by atoms with van der Waals surface area (Å²) in [6, 6.07) is 7.27. The first-order chi connectivity index (χ1) is 8.63. The molecule has 0 aromatic heterocycles. The van der Waals surface area contributed by atoms with Crippen molar-refractivity contribution in [2.24, 2.45) is 0 Å². The van der Waals surface area contributed by atoms with Gasteiger partial charge in [-0.1, -0.05) is 23.7 Å². The third-order valence-corrected chi connectivity index (χ3v) is 2.75. The molecular formula is C13H12ClNO3. The van der Waals surface area contributed by atoms with Crippen molar-refractivity contribution in [2.45, 2.75) is 13.5 Å². The first-order valence-corrected chi connectivity index (χ1v) is 5.95. The Morgan fingerprint density at radius 1 is 1.28 bits per heavy atom. The summed E-state index contributed by atoms with van der Waals surface area (Å²) in [5.41, 5.74) is 0.0887. The molecule has 0 amide bonds. The lowest BCUT2D eigenvalue weighted by Gasteiger charge is -2.13.